The Labute approximate surface area is 132 Å². The summed E-state index contributed by atoms with van der Waals surface area (Å²) in [6.07, 6.45) is 4.12. The Morgan fingerprint density at radius 2 is 1.45 bits per heavy atom. The number of hydrogen-bond donors (Lipinski definition) is 1. The van der Waals surface area contributed by atoms with Gasteiger partial charge >= 0.3 is 11.9 Å². The quantitative estimate of drug-likeness (QED) is 0.330. The molecule has 0 aromatic heterocycles. The van der Waals surface area contributed by atoms with E-state index in [1.54, 1.807) is 0 Å². The van der Waals surface area contributed by atoms with Crippen LogP contribution in [0.5, 0.6) is 0 Å². The van der Waals surface area contributed by atoms with E-state index >= 15 is 0 Å². The van der Waals surface area contributed by atoms with Crippen molar-refractivity contribution in [1.29, 1.82) is 0 Å². The van der Waals surface area contributed by atoms with Crippen molar-refractivity contribution >= 4 is 22.1 Å². The summed E-state index contributed by atoms with van der Waals surface area (Å²) < 4.78 is 41.1. The molecular formula is C14H26O7S. The van der Waals surface area contributed by atoms with Crippen LogP contribution in [0, 0.1) is 0 Å². The topological polar surface area (TPSA) is 107 Å². The number of hydrogen-bond acceptors (Lipinski definition) is 6. The van der Waals surface area contributed by atoms with E-state index < -0.39 is 33.7 Å². The van der Waals surface area contributed by atoms with Gasteiger partial charge in [0.15, 0.2) is 5.25 Å². The van der Waals surface area contributed by atoms with Crippen LogP contribution in [0.15, 0.2) is 0 Å². The molecule has 7 nitrogen and oxygen atoms in total. The molecule has 0 fully saturated rings. The Bertz CT molecular complexity index is 430. The monoisotopic (exact) mass is 338 g/mol. The van der Waals surface area contributed by atoms with Crippen molar-refractivity contribution in [2.75, 3.05) is 13.2 Å². The van der Waals surface area contributed by atoms with Gasteiger partial charge < -0.3 is 9.47 Å². The van der Waals surface area contributed by atoms with Gasteiger partial charge in [0.05, 0.1) is 19.6 Å². The average Bonchev–Trinajstić information content (AvgIpc) is 2.44. The number of ether oxygens (including phenoxy) is 2. The molecule has 1 N–H and O–H groups in total. The molecule has 0 aromatic rings. The Balaban J connectivity index is 4.40. The first-order valence-electron chi connectivity index (χ1n) is 7.61. The molecule has 0 aromatic carbocycles. The van der Waals surface area contributed by atoms with E-state index in [0.717, 1.165) is 25.7 Å². The minimum atomic E-state index is -4.71. The molecule has 0 rings (SSSR count). The summed E-state index contributed by atoms with van der Waals surface area (Å²) in [5, 5.41) is -1.92. The zero-order valence-corrected chi connectivity index (χ0v) is 14.1. The van der Waals surface area contributed by atoms with Gasteiger partial charge in [-0.2, -0.15) is 8.42 Å². The summed E-state index contributed by atoms with van der Waals surface area (Å²) >= 11 is 0. The van der Waals surface area contributed by atoms with E-state index in [2.05, 4.69) is 0 Å². The highest BCUT2D eigenvalue weighted by Crippen LogP contribution is 2.10. The van der Waals surface area contributed by atoms with E-state index in [0.29, 0.717) is 12.8 Å². The molecule has 0 aliphatic carbocycles. The summed E-state index contributed by atoms with van der Waals surface area (Å²) in [7, 11) is -4.71. The van der Waals surface area contributed by atoms with E-state index in [1.807, 2.05) is 13.8 Å². The van der Waals surface area contributed by atoms with Gasteiger partial charge in [0.25, 0.3) is 10.1 Å². The standard InChI is InChI=1S/C14H26O7S/c1-3-5-7-9-20-13(15)11-12(22(17,18)19)14(16)21-10-8-6-4-2/h12H,3-11H2,1-2H3,(H,17,18,19). The van der Waals surface area contributed by atoms with Crippen molar-refractivity contribution in [2.45, 2.75) is 64.0 Å². The van der Waals surface area contributed by atoms with Crippen molar-refractivity contribution in [3.05, 3.63) is 0 Å². The molecule has 0 saturated carbocycles. The smallest absolute Gasteiger partial charge is 0.327 e. The maximum atomic E-state index is 11.7. The lowest BCUT2D eigenvalue weighted by molar-refractivity contribution is -0.150. The maximum absolute atomic E-state index is 11.7. The van der Waals surface area contributed by atoms with Crippen LogP contribution in [0.3, 0.4) is 0 Å². The van der Waals surface area contributed by atoms with Crippen LogP contribution in [0.4, 0.5) is 0 Å². The zero-order valence-electron chi connectivity index (χ0n) is 13.2. The van der Waals surface area contributed by atoms with Crippen LogP contribution >= 0.6 is 0 Å². The fourth-order valence-electron chi connectivity index (χ4n) is 1.68. The van der Waals surface area contributed by atoms with Crippen LogP contribution < -0.4 is 0 Å². The van der Waals surface area contributed by atoms with Crippen molar-refractivity contribution in [2.24, 2.45) is 0 Å². The number of rotatable bonds is 12. The Kier molecular flexibility index (Phi) is 10.8. The minimum absolute atomic E-state index is 0.0598. The van der Waals surface area contributed by atoms with Crippen LogP contribution in [0.1, 0.15) is 58.8 Å². The Hall–Kier alpha value is -1.15. The van der Waals surface area contributed by atoms with Gasteiger partial charge in [0.1, 0.15) is 0 Å². The van der Waals surface area contributed by atoms with E-state index in [9.17, 15) is 18.0 Å². The predicted molar refractivity (Wildman–Crippen MR) is 80.9 cm³/mol. The normalized spacial score (nSPS) is 12.7. The summed E-state index contributed by atoms with van der Waals surface area (Å²) in [5.41, 5.74) is 0. The molecular weight excluding hydrogens is 312 g/mol. The van der Waals surface area contributed by atoms with E-state index in [1.165, 1.54) is 0 Å². The van der Waals surface area contributed by atoms with Crippen LogP contribution in [0.25, 0.3) is 0 Å². The summed E-state index contributed by atoms with van der Waals surface area (Å²) in [4.78, 5) is 23.2. The average molecular weight is 338 g/mol. The molecule has 130 valence electrons. The summed E-state index contributed by atoms with van der Waals surface area (Å²) in [6.45, 7) is 4.18. The fraction of sp³-hybridized carbons (Fsp3) is 0.857. The van der Waals surface area contributed by atoms with Crippen LogP contribution in [-0.2, 0) is 29.2 Å². The molecule has 22 heavy (non-hydrogen) atoms. The molecule has 0 bridgehead atoms. The third-order valence-electron chi connectivity index (χ3n) is 2.98. The van der Waals surface area contributed by atoms with Gasteiger partial charge in [-0.15, -0.1) is 0 Å². The minimum Gasteiger partial charge on any atom is -0.466 e. The second kappa shape index (κ2) is 11.4. The fourth-order valence-corrected chi connectivity index (χ4v) is 2.33. The Morgan fingerprint density at radius 3 is 1.91 bits per heavy atom. The molecule has 0 aliphatic heterocycles. The Morgan fingerprint density at radius 1 is 0.955 bits per heavy atom. The number of carbonyl (C=O) groups excluding carboxylic acids is 2. The second-order valence-electron chi connectivity index (χ2n) is 5.01. The molecule has 0 spiro atoms. The molecule has 1 unspecified atom stereocenters. The summed E-state index contributed by atoms with van der Waals surface area (Å²) in [5.74, 6) is -1.96. The van der Waals surface area contributed by atoms with Gasteiger partial charge in [0.2, 0.25) is 0 Å². The number of carbonyl (C=O) groups is 2. The highest BCUT2D eigenvalue weighted by atomic mass is 32.2. The largest absolute Gasteiger partial charge is 0.466 e. The van der Waals surface area contributed by atoms with E-state index in [-0.39, 0.29) is 13.2 Å². The lowest BCUT2D eigenvalue weighted by atomic mass is 10.2. The van der Waals surface area contributed by atoms with Crippen LogP contribution in [0.2, 0.25) is 0 Å². The second-order valence-corrected chi connectivity index (χ2v) is 6.61. The zero-order chi connectivity index (χ0) is 17.0. The number of unbranched alkanes of at least 4 members (excludes halogenated alkanes) is 4. The first kappa shape index (κ1) is 20.9. The van der Waals surface area contributed by atoms with Gasteiger partial charge in [-0.25, -0.2) is 0 Å². The van der Waals surface area contributed by atoms with Gasteiger partial charge in [-0.3, -0.25) is 14.1 Å². The third-order valence-corrected chi connectivity index (χ3v) is 4.06. The van der Waals surface area contributed by atoms with Crippen molar-refractivity contribution in [3.8, 4) is 0 Å². The third kappa shape index (κ3) is 9.73. The maximum Gasteiger partial charge on any atom is 0.327 e. The van der Waals surface area contributed by atoms with Crippen molar-refractivity contribution in [3.63, 3.8) is 0 Å². The predicted octanol–water partition coefficient (Wildman–Crippen LogP) is 2.10. The molecule has 0 radical (unpaired) electrons. The lowest BCUT2D eigenvalue weighted by Gasteiger charge is -2.13. The molecule has 0 saturated heterocycles. The molecule has 8 heteroatoms. The SMILES string of the molecule is CCCCCOC(=O)CC(C(=O)OCCCCC)S(=O)(=O)O. The summed E-state index contributed by atoms with van der Waals surface area (Å²) in [6, 6.07) is 0. The highest BCUT2D eigenvalue weighted by Gasteiger charge is 2.35. The number of esters is 2. The molecule has 0 amide bonds. The van der Waals surface area contributed by atoms with Crippen LogP contribution in [-0.4, -0.2) is 43.4 Å². The lowest BCUT2D eigenvalue weighted by Crippen LogP contribution is -2.34. The first-order chi connectivity index (χ1) is 10.3. The van der Waals surface area contributed by atoms with E-state index in [4.69, 9.17) is 14.0 Å². The van der Waals surface area contributed by atoms with Crippen molar-refractivity contribution < 1.29 is 32.0 Å². The first-order valence-corrected chi connectivity index (χ1v) is 9.11. The molecule has 0 heterocycles. The van der Waals surface area contributed by atoms with Gasteiger partial charge in [-0.1, -0.05) is 39.5 Å². The van der Waals surface area contributed by atoms with Gasteiger partial charge in [-0.05, 0) is 12.8 Å². The molecule has 0 aliphatic rings. The van der Waals surface area contributed by atoms with Crippen molar-refractivity contribution in [1.82, 2.24) is 0 Å². The molecule has 1 atom stereocenters. The highest BCUT2D eigenvalue weighted by molar-refractivity contribution is 7.87. The van der Waals surface area contributed by atoms with Gasteiger partial charge in [0, 0.05) is 0 Å².